The molecule has 19 heavy (non-hydrogen) atoms. The van der Waals surface area contributed by atoms with Gasteiger partial charge < -0.3 is 10.2 Å². The normalized spacial score (nSPS) is 27.6. The van der Waals surface area contributed by atoms with Gasteiger partial charge in [-0.2, -0.15) is 0 Å². The van der Waals surface area contributed by atoms with Crippen molar-refractivity contribution in [3.05, 3.63) is 0 Å². The highest BCUT2D eigenvalue weighted by Crippen LogP contribution is 2.32. The van der Waals surface area contributed by atoms with Crippen molar-refractivity contribution >= 4 is 0 Å². The second-order valence-electron chi connectivity index (χ2n) is 7.07. The SMILES string of the molecule is CCCNC1CCCC1CCN(CC1CC1)C(C)C. The Balaban J connectivity index is 1.72. The van der Waals surface area contributed by atoms with Gasteiger partial charge in [-0.25, -0.2) is 0 Å². The van der Waals surface area contributed by atoms with E-state index < -0.39 is 0 Å². The van der Waals surface area contributed by atoms with E-state index in [1.807, 2.05) is 0 Å². The number of rotatable bonds is 9. The summed E-state index contributed by atoms with van der Waals surface area (Å²) in [4.78, 5) is 2.73. The summed E-state index contributed by atoms with van der Waals surface area (Å²) in [6.07, 6.45) is 9.94. The molecule has 0 amide bonds. The molecule has 2 fully saturated rings. The van der Waals surface area contributed by atoms with Crippen LogP contribution >= 0.6 is 0 Å². The molecule has 112 valence electrons. The zero-order valence-corrected chi connectivity index (χ0v) is 13.3. The molecule has 2 rings (SSSR count). The fourth-order valence-corrected chi connectivity index (χ4v) is 3.50. The monoisotopic (exact) mass is 266 g/mol. The number of hydrogen-bond acceptors (Lipinski definition) is 2. The first-order chi connectivity index (χ1) is 9.20. The molecule has 2 heteroatoms. The van der Waals surface area contributed by atoms with E-state index in [0.29, 0.717) is 0 Å². The fraction of sp³-hybridized carbons (Fsp3) is 1.00. The molecule has 0 aromatic rings. The van der Waals surface area contributed by atoms with Crippen LogP contribution in [0.2, 0.25) is 0 Å². The van der Waals surface area contributed by atoms with Crippen molar-refractivity contribution in [1.29, 1.82) is 0 Å². The van der Waals surface area contributed by atoms with Crippen LogP contribution in [0.15, 0.2) is 0 Å². The molecule has 2 unspecified atom stereocenters. The summed E-state index contributed by atoms with van der Waals surface area (Å²) in [7, 11) is 0. The van der Waals surface area contributed by atoms with Gasteiger partial charge in [-0.3, -0.25) is 0 Å². The average Bonchev–Trinajstić information content (AvgIpc) is 3.10. The van der Waals surface area contributed by atoms with Crippen molar-refractivity contribution in [2.24, 2.45) is 11.8 Å². The van der Waals surface area contributed by atoms with E-state index in [1.54, 1.807) is 0 Å². The molecule has 0 bridgehead atoms. The van der Waals surface area contributed by atoms with Crippen LogP contribution in [-0.4, -0.2) is 36.6 Å². The first-order valence-electron chi connectivity index (χ1n) is 8.68. The number of hydrogen-bond donors (Lipinski definition) is 1. The van der Waals surface area contributed by atoms with Gasteiger partial charge in [0.2, 0.25) is 0 Å². The topological polar surface area (TPSA) is 15.3 Å². The van der Waals surface area contributed by atoms with E-state index >= 15 is 0 Å². The van der Waals surface area contributed by atoms with Crippen LogP contribution in [0.1, 0.15) is 65.7 Å². The Bertz CT molecular complexity index is 248. The zero-order valence-electron chi connectivity index (χ0n) is 13.3. The standard InChI is InChI=1S/C17H34N2/c1-4-11-18-17-7-5-6-16(17)10-12-19(14(2)3)13-15-8-9-15/h14-18H,4-13H2,1-3H3. The second kappa shape index (κ2) is 7.64. The largest absolute Gasteiger partial charge is 0.314 e. The molecule has 1 N–H and O–H groups in total. The van der Waals surface area contributed by atoms with E-state index in [4.69, 9.17) is 0 Å². The van der Waals surface area contributed by atoms with Gasteiger partial charge in [-0.1, -0.05) is 13.3 Å². The molecule has 0 aromatic heterocycles. The molecule has 0 spiro atoms. The van der Waals surface area contributed by atoms with Crippen LogP contribution in [0, 0.1) is 11.8 Å². The highest BCUT2D eigenvalue weighted by Gasteiger charge is 2.29. The Kier molecular flexibility index (Phi) is 6.15. The molecular weight excluding hydrogens is 232 g/mol. The smallest absolute Gasteiger partial charge is 0.00958 e. The van der Waals surface area contributed by atoms with E-state index in [9.17, 15) is 0 Å². The summed E-state index contributed by atoms with van der Waals surface area (Å²) >= 11 is 0. The van der Waals surface area contributed by atoms with Gasteiger partial charge in [0.15, 0.2) is 0 Å². The first-order valence-corrected chi connectivity index (χ1v) is 8.68. The number of nitrogens with zero attached hydrogens (tertiary/aromatic N) is 1. The van der Waals surface area contributed by atoms with Crippen molar-refractivity contribution in [2.75, 3.05) is 19.6 Å². The van der Waals surface area contributed by atoms with Crippen LogP contribution in [0.25, 0.3) is 0 Å². The Hall–Kier alpha value is -0.0800. The molecule has 2 nitrogen and oxygen atoms in total. The zero-order chi connectivity index (χ0) is 13.7. The second-order valence-corrected chi connectivity index (χ2v) is 7.07. The maximum atomic E-state index is 3.77. The molecule has 0 aromatic carbocycles. The maximum Gasteiger partial charge on any atom is 0.00958 e. The summed E-state index contributed by atoms with van der Waals surface area (Å²) in [6.45, 7) is 10.9. The Morgan fingerprint density at radius 3 is 2.58 bits per heavy atom. The summed E-state index contributed by atoms with van der Waals surface area (Å²) in [5.74, 6) is 1.96. The first kappa shape index (κ1) is 15.3. The Labute approximate surface area is 120 Å². The van der Waals surface area contributed by atoms with E-state index in [2.05, 4.69) is 31.0 Å². The summed E-state index contributed by atoms with van der Waals surface area (Å²) in [5, 5.41) is 3.77. The van der Waals surface area contributed by atoms with Gasteiger partial charge in [-0.05, 0) is 77.3 Å². The average molecular weight is 266 g/mol. The minimum atomic E-state index is 0.726. The lowest BCUT2D eigenvalue weighted by molar-refractivity contribution is 0.191. The van der Waals surface area contributed by atoms with E-state index in [0.717, 1.165) is 23.9 Å². The quantitative estimate of drug-likeness (QED) is 0.685. The molecular formula is C17H34N2. The third-order valence-electron chi connectivity index (χ3n) is 5.02. The minimum Gasteiger partial charge on any atom is -0.314 e. The Morgan fingerprint density at radius 2 is 1.95 bits per heavy atom. The highest BCUT2D eigenvalue weighted by molar-refractivity contribution is 4.85. The number of nitrogens with one attached hydrogen (secondary N) is 1. The van der Waals surface area contributed by atoms with Gasteiger partial charge in [0.25, 0.3) is 0 Å². The third kappa shape index (κ3) is 5.07. The molecule has 2 aliphatic rings. The third-order valence-corrected chi connectivity index (χ3v) is 5.02. The van der Waals surface area contributed by atoms with Crippen molar-refractivity contribution < 1.29 is 0 Å². The van der Waals surface area contributed by atoms with Crippen LogP contribution in [0.5, 0.6) is 0 Å². The fourth-order valence-electron chi connectivity index (χ4n) is 3.50. The predicted octanol–water partition coefficient (Wildman–Crippen LogP) is 3.67. The van der Waals surface area contributed by atoms with Gasteiger partial charge >= 0.3 is 0 Å². The van der Waals surface area contributed by atoms with Crippen molar-refractivity contribution in [2.45, 2.75) is 77.8 Å². The van der Waals surface area contributed by atoms with Gasteiger partial charge in [0.05, 0.1) is 0 Å². The minimum absolute atomic E-state index is 0.726. The van der Waals surface area contributed by atoms with E-state index in [1.165, 1.54) is 64.6 Å². The molecule has 0 saturated heterocycles. The van der Waals surface area contributed by atoms with Crippen molar-refractivity contribution in [3.63, 3.8) is 0 Å². The van der Waals surface area contributed by atoms with Crippen molar-refractivity contribution in [1.82, 2.24) is 10.2 Å². The summed E-state index contributed by atoms with van der Waals surface area (Å²) < 4.78 is 0. The molecule has 0 heterocycles. The summed E-state index contributed by atoms with van der Waals surface area (Å²) in [6, 6.07) is 1.54. The molecule has 2 atom stereocenters. The molecule has 0 radical (unpaired) electrons. The molecule has 2 saturated carbocycles. The van der Waals surface area contributed by atoms with Crippen LogP contribution < -0.4 is 5.32 Å². The maximum absolute atomic E-state index is 3.77. The predicted molar refractivity (Wildman–Crippen MR) is 83.5 cm³/mol. The summed E-state index contributed by atoms with van der Waals surface area (Å²) in [5.41, 5.74) is 0. The molecule has 2 aliphatic carbocycles. The lowest BCUT2D eigenvalue weighted by Crippen LogP contribution is -2.38. The van der Waals surface area contributed by atoms with Crippen LogP contribution in [0.4, 0.5) is 0 Å². The van der Waals surface area contributed by atoms with Crippen LogP contribution in [0.3, 0.4) is 0 Å². The molecule has 0 aliphatic heterocycles. The Morgan fingerprint density at radius 1 is 1.16 bits per heavy atom. The lowest BCUT2D eigenvalue weighted by atomic mass is 9.98. The lowest BCUT2D eigenvalue weighted by Gasteiger charge is -2.29. The van der Waals surface area contributed by atoms with Gasteiger partial charge in [0, 0.05) is 18.6 Å². The van der Waals surface area contributed by atoms with Crippen molar-refractivity contribution in [3.8, 4) is 0 Å². The van der Waals surface area contributed by atoms with Gasteiger partial charge in [0.1, 0.15) is 0 Å². The van der Waals surface area contributed by atoms with Gasteiger partial charge in [-0.15, -0.1) is 0 Å². The van der Waals surface area contributed by atoms with E-state index in [-0.39, 0.29) is 0 Å². The van der Waals surface area contributed by atoms with Crippen LogP contribution in [-0.2, 0) is 0 Å². The highest BCUT2D eigenvalue weighted by atomic mass is 15.1.